The van der Waals surface area contributed by atoms with E-state index in [4.69, 9.17) is 0 Å². The lowest BCUT2D eigenvalue weighted by molar-refractivity contribution is -0.121. The van der Waals surface area contributed by atoms with Crippen LogP contribution in [0.25, 0.3) is 0 Å². The maximum Gasteiger partial charge on any atom is 0.247 e. The number of fused-ring (bicyclic) bond motifs is 1. The van der Waals surface area contributed by atoms with E-state index in [0.717, 1.165) is 35.3 Å². The van der Waals surface area contributed by atoms with Gasteiger partial charge in [-0.3, -0.25) is 9.59 Å². The summed E-state index contributed by atoms with van der Waals surface area (Å²) in [4.78, 5) is 29.6. The number of para-hydroxylation sites is 2. The van der Waals surface area contributed by atoms with E-state index >= 15 is 0 Å². The van der Waals surface area contributed by atoms with E-state index in [1.807, 2.05) is 23.1 Å². The van der Waals surface area contributed by atoms with Gasteiger partial charge in [0.1, 0.15) is 6.54 Å². The first-order chi connectivity index (χ1) is 13.8. The maximum atomic E-state index is 13.3. The van der Waals surface area contributed by atoms with E-state index in [0.29, 0.717) is 6.54 Å². The first-order valence-electron chi connectivity index (χ1n) is 10.6. The number of amides is 2. The Hall–Kier alpha value is -2.62. The second-order valence-electron chi connectivity index (χ2n) is 8.48. The minimum absolute atomic E-state index is 0.0272. The van der Waals surface area contributed by atoms with Gasteiger partial charge < -0.3 is 9.80 Å². The standard InChI is InChI=1S/C25H32N2O2/c1-17(2)21-12-8-13-22(18(3)4)25(21)27(19(5)28)16-24(29)26-15-9-11-20-10-6-7-14-23(20)26/h6-8,10,12-14,17-18H,9,11,15-16H2,1-5H3. The lowest BCUT2D eigenvalue weighted by Crippen LogP contribution is -2.45. The molecule has 1 aliphatic rings. The van der Waals surface area contributed by atoms with Gasteiger partial charge in [-0.05, 0) is 47.4 Å². The summed E-state index contributed by atoms with van der Waals surface area (Å²) in [5.41, 5.74) is 5.31. The second kappa shape index (κ2) is 8.81. The molecule has 2 aromatic rings. The number of aryl methyl sites for hydroxylation is 1. The molecule has 4 heteroatoms. The van der Waals surface area contributed by atoms with Crippen LogP contribution in [-0.2, 0) is 16.0 Å². The van der Waals surface area contributed by atoms with Gasteiger partial charge in [0.2, 0.25) is 11.8 Å². The van der Waals surface area contributed by atoms with Crippen LogP contribution in [0.4, 0.5) is 11.4 Å². The summed E-state index contributed by atoms with van der Waals surface area (Å²) in [6.07, 6.45) is 1.94. The molecular weight excluding hydrogens is 360 g/mol. The molecule has 0 N–H and O–H groups in total. The number of nitrogens with zero attached hydrogens (tertiary/aromatic N) is 2. The van der Waals surface area contributed by atoms with E-state index in [2.05, 4.69) is 52.0 Å². The van der Waals surface area contributed by atoms with E-state index < -0.39 is 0 Å². The quantitative estimate of drug-likeness (QED) is 0.696. The molecule has 0 saturated carbocycles. The summed E-state index contributed by atoms with van der Waals surface area (Å²) in [6.45, 7) is 10.8. The van der Waals surface area contributed by atoms with Crippen LogP contribution in [-0.4, -0.2) is 24.9 Å². The van der Waals surface area contributed by atoms with Gasteiger partial charge in [-0.1, -0.05) is 64.1 Å². The van der Waals surface area contributed by atoms with Crippen LogP contribution < -0.4 is 9.80 Å². The second-order valence-corrected chi connectivity index (χ2v) is 8.48. The smallest absolute Gasteiger partial charge is 0.247 e. The number of anilines is 2. The van der Waals surface area contributed by atoms with Crippen molar-refractivity contribution in [1.82, 2.24) is 0 Å². The van der Waals surface area contributed by atoms with Crippen LogP contribution in [0.15, 0.2) is 42.5 Å². The van der Waals surface area contributed by atoms with Crippen molar-refractivity contribution in [2.75, 3.05) is 22.9 Å². The normalized spacial score (nSPS) is 13.6. The summed E-state index contributed by atoms with van der Waals surface area (Å²) in [5.74, 6) is 0.395. The van der Waals surface area contributed by atoms with Crippen LogP contribution in [0.1, 0.15) is 69.6 Å². The zero-order valence-electron chi connectivity index (χ0n) is 18.2. The third kappa shape index (κ3) is 4.36. The average Bonchev–Trinajstić information content (AvgIpc) is 2.70. The predicted molar refractivity (Wildman–Crippen MR) is 120 cm³/mol. The monoisotopic (exact) mass is 392 g/mol. The number of benzene rings is 2. The van der Waals surface area contributed by atoms with E-state index in [-0.39, 0.29) is 30.2 Å². The SMILES string of the molecule is CC(=O)N(CC(=O)N1CCCc2ccccc21)c1c(C(C)C)cccc1C(C)C. The molecule has 0 aliphatic carbocycles. The molecule has 0 spiro atoms. The number of hydrogen-bond acceptors (Lipinski definition) is 2. The Bertz CT molecular complexity index is 875. The molecule has 0 saturated heterocycles. The number of rotatable bonds is 5. The molecule has 3 rings (SSSR count). The molecule has 0 atom stereocenters. The van der Waals surface area contributed by atoms with Crippen molar-refractivity contribution in [1.29, 1.82) is 0 Å². The van der Waals surface area contributed by atoms with Crippen molar-refractivity contribution in [2.24, 2.45) is 0 Å². The van der Waals surface area contributed by atoms with Gasteiger partial charge in [0, 0.05) is 19.2 Å². The molecule has 154 valence electrons. The first-order valence-corrected chi connectivity index (χ1v) is 10.6. The number of carbonyl (C=O) groups excluding carboxylic acids is 2. The van der Waals surface area contributed by atoms with Crippen LogP contribution >= 0.6 is 0 Å². The van der Waals surface area contributed by atoms with Crippen LogP contribution in [0.3, 0.4) is 0 Å². The summed E-state index contributed by atoms with van der Waals surface area (Å²) >= 11 is 0. The molecule has 0 radical (unpaired) electrons. The summed E-state index contributed by atoms with van der Waals surface area (Å²) in [7, 11) is 0. The van der Waals surface area contributed by atoms with Crippen molar-refractivity contribution < 1.29 is 9.59 Å². The number of hydrogen-bond donors (Lipinski definition) is 0. The zero-order valence-corrected chi connectivity index (χ0v) is 18.2. The molecule has 1 aliphatic heterocycles. The van der Waals surface area contributed by atoms with Crippen molar-refractivity contribution >= 4 is 23.2 Å². The third-order valence-corrected chi connectivity index (χ3v) is 5.70. The molecule has 0 unspecified atom stereocenters. The minimum atomic E-state index is -0.0985. The molecule has 29 heavy (non-hydrogen) atoms. The van der Waals surface area contributed by atoms with Crippen LogP contribution in [0, 0.1) is 0 Å². The highest BCUT2D eigenvalue weighted by Crippen LogP contribution is 2.36. The highest BCUT2D eigenvalue weighted by atomic mass is 16.2. The van der Waals surface area contributed by atoms with Crippen LogP contribution in [0.5, 0.6) is 0 Å². The Morgan fingerprint density at radius 2 is 1.59 bits per heavy atom. The molecule has 2 amide bonds. The zero-order chi connectivity index (χ0) is 21.1. The van der Waals surface area contributed by atoms with Gasteiger partial charge in [-0.25, -0.2) is 0 Å². The molecule has 4 nitrogen and oxygen atoms in total. The van der Waals surface area contributed by atoms with Gasteiger partial charge in [0.15, 0.2) is 0 Å². The largest absolute Gasteiger partial charge is 0.311 e. The van der Waals surface area contributed by atoms with Crippen molar-refractivity contribution in [3.8, 4) is 0 Å². The fourth-order valence-corrected chi connectivity index (χ4v) is 4.18. The van der Waals surface area contributed by atoms with Crippen molar-refractivity contribution in [2.45, 2.75) is 59.3 Å². The van der Waals surface area contributed by atoms with Gasteiger partial charge >= 0.3 is 0 Å². The summed E-state index contributed by atoms with van der Waals surface area (Å²) in [6, 6.07) is 14.3. The van der Waals surface area contributed by atoms with Gasteiger partial charge in [-0.2, -0.15) is 0 Å². The Kier molecular flexibility index (Phi) is 6.41. The molecule has 1 heterocycles. The Morgan fingerprint density at radius 1 is 0.966 bits per heavy atom. The summed E-state index contributed by atoms with van der Waals surface area (Å²) < 4.78 is 0. The lowest BCUT2D eigenvalue weighted by Gasteiger charge is -2.33. The van der Waals surface area contributed by atoms with Gasteiger partial charge in [0.05, 0.1) is 5.69 Å². The molecule has 0 aromatic heterocycles. The van der Waals surface area contributed by atoms with Crippen molar-refractivity contribution in [3.63, 3.8) is 0 Å². The van der Waals surface area contributed by atoms with E-state index in [9.17, 15) is 9.59 Å². The predicted octanol–water partition coefficient (Wildman–Crippen LogP) is 5.27. The summed E-state index contributed by atoms with van der Waals surface area (Å²) in [5, 5.41) is 0. The molecule has 0 fully saturated rings. The first kappa shape index (κ1) is 21.1. The van der Waals surface area contributed by atoms with E-state index in [1.165, 1.54) is 5.56 Å². The fourth-order valence-electron chi connectivity index (χ4n) is 4.18. The third-order valence-electron chi connectivity index (χ3n) is 5.70. The fraction of sp³-hybridized carbons (Fsp3) is 0.440. The Morgan fingerprint density at radius 3 is 2.17 bits per heavy atom. The molecular formula is C25H32N2O2. The van der Waals surface area contributed by atoms with Gasteiger partial charge in [-0.15, -0.1) is 0 Å². The molecule has 2 aromatic carbocycles. The topological polar surface area (TPSA) is 40.6 Å². The van der Waals surface area contributed by atoms with Gasteiger partial charge in [0.25, 0.3) is 0 Å². The highest BCUT2D eigenvalue weighted by Gasteiger charge is 2.28. The van der Waals surface area contributed by atoms with Crippen molar-refractivity contribution in [3.05, 3.63) is 59.2 Å². The molecule has 0 bridgehead atoms. The lowest BCUT2D eigenvalue weighted by atomic mass is 9.91. The Labute approximate surface area is 174 Å². The van der Waals surface area contributed by atoms with E-state index in [1.54, 1.807) is 11.8 Å². The highest BCUT2D eigenvalue weighted by molar-refractivity contribution is 6.04. The number of carbonyl (C=O) groups is 2. The average molecular weight is 393 g/mol. The van der Waals surface area contributed by atoms with Crippen LogP contribution in [0.2, 0.25) is 0 Å². The Balaban J connectivity index is 1.99. The minimum Gasteiger partial charge on any atom is -0.311 e. The maximum absolute atomic E-state index is 13.3.